The number of alkyl halides is 3. The van der Waals surface area contributed by atoms with Gasteiger partial charge in [0.05, 0.1) is 5.92 Å². The van der Waals surface area contributed by atoms with Crippen molar-refractivity contribution in [1.29, 1.82) is 0 Å². The Morgan fingerprint density at radius 2 is 1.93 bits per heavy atom. The second-order valence-corrected chi connectivity index (χ2v) is 3.49. The summed E-state index contributed by atoms with van der Waals surface area (Å²) in [6, 6.07) is 0. The number of primary amides is 1. The fourth-order valence-electron chi connectivity index (χ4n) is 1.57. The largest absolute Gasteiger partial charge is 0.471 e. The third-order valence-electron chi connectivity index (χ3n) is 2.35. The first-order valence-corrected chi connectivity index (χ1v) is 4.48. The zero-order valence-corrected chi connectivity index (χ0v) is 7.88. The summed E-state index contributed by atoms with van der Waals surface area (Å²) in [5.41, 5.74) is 4.98. The van der Waals surface area contributed by atoms with Crippen LogP contribution >= 0.6 is 0 Å². The van der Waals surface area contributed by atoms with Crippen LogP contribution in [0.25, 0.3) is 0 Å². The highest BCUT2D eigenvalue weighted by Gasteiger charge is 2.44. The summed E-state index contributed by atoms with van der Waals surface area (Å²) >= 11 is 0. The molecule has 1 aliphatic rings. The van der Waals surface area contributed by atoms with Crippen molar-refractivity contribution in [3.05, 3.63) is 0 Å². The Labute approximate surface area is 84.2 Å². The summed E-state index contributed by atoms with van der Waals surface area (Å²) in [7, 11) is 0. The van der Waals surface area contributed by atoms with Gasteiger partial charge in [0.2, 0.25) is 5.91 Å². The van der Waals surface area contributed by atoms with Gasteiger partial charge in [-0.05, 0) is 12.8 Å². The normalized spacial score (nSPS) is 22.6. The molecule has 0 aromatic heterocycles. The Morgan fingerprint density at radius 1 is 1.33 bits per heavy atom. The van der Waals surface area contributed by atoms with Gasteiger partial charge < -0.3 is 10.6 Å². The summed E-state index contributed by atoms with van der Waals surface area (Å²) in [6.45, 7) is -0.199. The van der Waals surface area contributed by atoms with E-state index in [1.807, 2.05) is 0 Å². The molecule has 86 valence electrons. The van der Waals surface area contributed by atoms with Gasteiger partial charge in [0.15, 0.2) is 0 Å². The number of carbonyl (C=O) groups excluding carboxylic acids is 2. The molecular formula is C8H11F3N2O2. The first-order chi connectivity index (χ1) is 6.82. The Kier molecular flexibility index (Phi) is 3.21. The van der Waals surface area contributed by atoms with E-state index < -0.39 is 23.9 Å². The Morgan fingerprint density at radius 3 is 2.40 bits per heavy atom. The Balaban J connectivity index is 2.64. The zero-order valence-electron chi connectivity index (χ0n) is 7.88. The van der Waals surface area contributed by atoms with Crippen molar-refractivity contribution in [2.24, 2.45) is 11.7 Å². The van der Waals surface area contributed by atoms with Crippen molar-refractivity contribution >= 4 is 11.8 Å². The summed E-state index contributed by atoms with van der Waals surface area (Å²) in [5, 5.41) is 0. The van der Waals surface area contributed by atoms with Crippen molar-refractivity contribution in [3.63, 3.8) is 0 Å². The van der Waals surface area contributed by atoms with Crippen molar-refractivity contribution < 1.29 is 22.8 Å². The van der Waals surface area contributed by atoms with Gasteiger partial charge in [0.25, 0.3) is 0 Å². The number of rotatable bonds is 1. The lowest BCUT2D eigenvalue weighted by Gasteiger charge is -2.31. The van der Waals surface area contributed by atoms with Gasteiger partial charge in [0.1, 0.15) is 0 Å². The van der Waals surface area contributed by atoms with Crippen LogP contribution in [0, 0.1) is 5.92 Å². The number of hydrogen-bond donors (Lipinski definition) is 1. The average Bonchev–Trinajstić information content (AvgIpc) is 2.15. The fourth-order valence-corrected chi connectivity index (χ4v) is 1.57. The van der Waals surface area contributed by atoms with Gasteiger partial charge in [-0.1, -0.05) is 0 Å². The number of carbonyl (C=O) groups is 2. The second-order valence-electron chi connectivity index (χ2n) is 3.49. The van der Waals surface area contributed by atoms with Gasteiger partial charge in [-0.3, -0.25) is 9.59 Å². The second kappa shape index (κ2) is 4.08. The van der Waals surface area contributed by atoms with E-state index in [0.29, 0.717) is 17.7 Å². The predicted octanol–water partition coefficient (Wildman–Crippen LogP) is 0.273. The molecule has 0 radical (unpaired) electrons. The maximum absolute atomic E-state index is 12.1. The molecule has 1 atom stereocenters. The first-order valence-electron chi connectivity index (χ1n) is 4.48. The molecule has 0 bridgehead atoms. The van der Waals surface area contributed by atoms with Crippen LogP contribution in [0.3, 0.4) is 0 Å². The number of nitrogens with two attached hydrogens (primary N) is 1. The van der Waals surface area contributed by atoms with Gasteiger partial charge in [-0.15, -0.1) is 0 Å². The van der Waals surface area contributed by atoms with E-state index in [9.17, 15) is 22.8 Å². The lowest BCUT2D eigenvalue weighted by atomic mass is 9.97. The molecule has 0 spiro atoms. The summed E-state index contributed by atoms with van der Waals surface area (Å²) in [6.07, 6.45) is -4.06. The van der Waals surface area contributed by atoms with E-state index >= 15 is 0 Å². The molecule has 7 heteroatoms. The maximum atomic E-state index is 12.1. The van der Waals surface area contributed by atoms with Crippen molar-refractivity contribution in [3.8, 4) is 0 Å². The molecule has 1 heterocycles. The van der Waals surface area contributed by atoms with Crippen LogP contribution in [-0.4, -0.2) is 36.0 Å². The molecule has 0 aromatic rings. The van der Waals surface area contributed by atoms with E-state index in [1.165, 1.54) is 0 Å². The highest BCUT2D eigenvalue weighted by atomic mass is 19.4. The zero-order chi connectivity index (χ0) is 11.6. The topological polar surface area (TPSA) is 63.4 Å². The minimum atomic E-state index is -4.88. The smallest absolute Gasteiger partial charge is 0.369 e. The quantitative estimate of drug-likeness (QED) is 0.695. The van der Waals surface area contributed by atoms with Crippen LogP contribution in [0.1, 0.15) is 12.8 Å². The number of likely N-dealkylation sites (tertiary alicyclic amines) is 1. The van der Waals surface area contributed by atoms with Crippen LogP contribution in [0.2, 0.25) is 0 Å². The lowest BCUT2D eigenvalue weighted by Crippen LogP contribution is -2.48. The molecule has 1 saturated heterocycles. The molecule has 1 fully saturated rings. The molecule has 15 heavy (non-hydrogen) atoms. The summed E-state index contributed by atoms with van der Waals surface area (Å²) < 4.78 is 36.2. The van der Waals surface area contributed by atoms with Crippen molar-refractivity contribution in [1.82, 2.24) is 4.90 Å². The predicted molar refractivity (Wildman–Crippen MR) is 44.6 cm³/mol. The van der Waals surface area contributed by atoms with E-state index in [-0.39, 0.29) is 13.1 Å². The highest BCUT2D eigenvalue weighted by Crippen LogP contribution is 2.23. The number of halogens is 3. The third-order valence-corrected chi connectivity index (χ3v) is 2.35. The number of amides is 2. The van der Waals surface area contributed by atoms with Crippen molar-refractivity contribution in [2.45, 2.75) is 19.0 Å². The Hall–Kier alpha value is -1.27. The van der Waals surface area contributed by atoms with Crippen molar-refractivity contribution in [2.75, 3.05) is 13.1 Å². The van der Waals surface area contributed by atoms with Crippen LogP contribution in [-0.2, 0) is 9.59 Å². The molecule has 0 saturated carbocycles. The molecule has 1 unspecified atom stereocenters. The minimum absolute atomic E-state index is 0.0299. The van der Waals surface area contributed by atoms with E-state index in [4.69, 9.17) is 5.73 Å². The molecule has 4 nitrogen and oxygen atoms in total. The number of piperidine rings is 1. The first kappa shape index (κ1) is 11.8. The van der Waals surface area contributed by atoms with E-state index in [1.54, 1.807) is 0 Å². The van der Waals surface area contributed by atoms with E-state index in [2.05, 4.69) is 0 Å². The van der Waals surface area contributed by atoms with E-state index in [0.717, 1.165) is 0 Å². The summed E-state index contributed by atoms with van der Waals surface area (Å²) in [4.78, 5) is 22.2. The van der Waals surface area contributed by atoms with Gasteiger partial charge >= 0.3 is 12.1 Å². The minimum Gasteiger partial charge on any atom is -0.369 e. The van der Waals surface area contributed by atoms with Gasteiger partial charge in [-0.2, -0.15) is 13.2 Å². The lowest BCUT2D eigenvalue weighted by molar-refractivity contribution is -0.187. The molecule has 0 aromatic carbocycles. The van der Waals surface area contributed by atoms with Crippen LogP contribution < -0.4 is 5.73 Å². The molecule has 0 aliphatic carbocycles. The Bertz CT molecular complexity index is 278. The standard InChI is InChI=1S/C8H11F3N2O2/c9-8(10,11)7(15)13-3-1-2-5(4-13)6(12)14/h5H,1-4H2,(H2,12,14). The summed E-state index contributed by atoms with van der Waals surface area (Å²) in [5.74, 6) is -3.21. The van der Waals surface area contributed by atoms with Gasteiger partial charge in [-0.25, -0.2) is 0 Å². The maximum Gasteiger partial charge on any atom is 0.471 e. The van der Waals surface area contributed by atoms with Crippen LogP contribution in [0.15, 0.2) is 0 Å². The SMILES string of the molecule is NC(=O)C1CCCN(C(=O)C(F)(F)F)C1. The molecule has 2 N–H and O–H groups in total. The monoisotopic (exact) mass is 224 g/mol. The van der Waals surface area contributed by atoms with Crippen LogP contribution in [0.5, 0.6) is 0 Å². The number of hydrogen-bond acceptors (Lipinski definition) is 2. The van der Waals surface area contributed by atoms with Crippen LogP contribution in [0.4, 0.5) is 13.2 Å². The molecule has 1 aliphatic heterocycles. The average molecular weight is 224 g/mol. The molecule has 1 rings (SSSR count). The molecule has 2 amide bonds. The highest BCUT2D eigenvalue weighted by molar-refractivity contribution is 5.83. The fraction of sp³-hybridized carbons (Fsp3) is 0.750. The number of nitrogens with zero attached hydrogens (tertiary/aromatic N) is 1. The van der Waals surface area contributed by atoms with Gasteiger partial charge in [0, 0.05) is 13.1 Å². The third kappa shape index (κ3) is 2.84. The molecular weight excluding hydrogens is 213 g/mol.